The van der Waals surface area contributed by atoms with Gasteiger partial charge in [0, 0.05) is 47.3 Å². The number of hydrogen-bond acceptors (Lipinski definition) is 3. The Morgan fingerprint density at radius 2 is 1.81 bits per heavy atom. The minimum atomic E-state index is -1.83. The molecule has 2 aliphatic heterocycles. The number of nitrogens with zero attached hydrogens (tertiary/aromatic N) is 2. The summed E-state index contributed by atoms with van der Waals surface area (Å²) in [5.41, 5.74) is 1.47. The van der Waals surface area contributed by atoms with Crippen molar-refractivity contribution in [1.29, 1.82) is 0 Å². The van der Waals surface area contributed by atoms with Crippen LogP contribution in [0.25, 0.3) is 0 Å². The Kier molecular flexibility index (Phi) is 7.08. The predicted octanol–water partition coefficient (Wildman–Crippen LogP) is 4.03. The highest BCUT2D eigenvalue weighted by molar-refractivity contribution is 9.10. The Bertz CT molecular complexity index is 1090. The summed E-state index contributed by atoms with van der Waals surface area (Å²) in [5, 5.41) is 6.12. The number of alkyl halides is 3. The van der Waals surface area contributed by atoms with Gasteiger partial charge in [-0.1, -0.05) is 56.8 Å². The van der Waals surface area contributed by atoms with Crippen LogP contribution in [0.3, 0.4) is 0 Å². The number of fused-ring (bicyclic) bond motifs is 4. The predicted molar refractivity (Wildman–Crippen MR) is 135 cm³/mol. The van der Waals surface area contributed by atoms with Crippen LogP contribution in [0.5, 0.6) is 0 Å². The molecule has 1 aromatic carbocycles. The molecule has 2 aromatic rings. The lowest BCUT2D eigenvalue weighted by Crippen LogP contribution is -2.60. The standard InChI is InChI=1S/C21H20BrCl3N4O2S/c22-15-6-4-13(5-7-15)18(31)26-19(21(23,24)25)27-20(32)28-9-12-8-14(11-28)16-2-1-3-17(30)29(16)10-12/h1-7,12,14,19H,8-11H2,(H,26,31)(H,27,32)/t12-,14-,19-/m1/s1. The number of hydrogen-bond donors (Lipinski definition) is 2. The maximum Gasteiger partial charge on any atom is 0.252 e. The molecular formula is C21H20BrCl3N4O2S. The quantitative estimate of drug-likeness (QED) is 0.327. The molecule has 0 saturated carbocycles. The highest BCUT2D eigenvalue weighted by Crippen LogP contribution is 2.35. The lowest BCUT2D eigenvalue weighted by atomic mass is 9.83. The average Bonchev–Trinajstić information content (AvgIpc) is 2.73. The van der Waals surface area contributed by atoms with Crippen LogP contribution >= 0.6 is 63.0 Å². The molecule has 170 valence electrons. The summed E-state index contributed by atoms with van der Waals surface area (Å²) in [6.07, 6.45) is -0.0376. The van der Waals surface area contributed by atoms with Crippen molar-refractivity contribution in [3.05, 3.63) is 68.5 Å². The lowest BCUT2D eigenvalue weighted by Gasteiger charge is -2.44. The van der Waals surface area contributed by atoms with E-state index in [4.69, 9.17) is 47.0 Å². The summed E-state index contributed by atoms with van der Waals surface area (Å²) >= 11 is 27.4. The van der Waals surface area contributed by atoms with Crippen LogP contribution in [0.2, 0.25) is 0 Å². The molecule has 4 rings (SSSR count). The number of amides is 1. The van der Waals surface area contributed by atoms with Crippen molar-refractivity contribution < 1.29 is 4.79 Å². The van der Waals surface area contributed by atoms with Crippen LogP contribution in [0.15, 0.2) is 51.7 Å². The number of piperidine rings is 1. The maximum atomic E-state index is 12.7. The Hall–Kier alpha value is -1.32. The van der Waals surface area contributed by atoms with Gasteiger partial charge in [-0.05, 0) is 54.9 Å². The molecule has 3 heterocycles. The van der Waals surface area contributed by atoms with Gasteiger partial charge in [0.05, 0.1) is 0 Å². The van der Waals surface area contributed by atoms with Gasteiger partial charge in [-0.2, -0.15) is 0 Å². The molecule has 2 N–H and O–H groups in total. The highest BCUT2D eigenvalue weighted by Gasteiger charge is 2.39. The van der Waals surface area contributed by atoms with Crippen molar-refractivity contribution in [2.24, 2.45) is 5.92 Å². The van der Waals surface area contributed by atoms with Gasteiger partial charge >= 0.3 is 0 Å². The summed E-state index contributed by atoms with van der Waals surface area (Å²) in [5.74, 6) is 0.0670. The van der Waals surface area contributed by atoms with Crippen LogP contribution in [0.4, 0.5) is 0 Å². The van der Waals surface area contributed by atoms with E-state index in [9.17, 15) is 9.59 Å². The van der Waals surface area contributed by atoms with Gasteiger partial charge in [0.1, 0.15) is 6.17 Å². The van der Waals surface area contributed by atoms with Crippen LogP contribution in [-0.2, 0) is 6.54 Å². The molecule has 1 saturated heterocycles. The van der Waals surface area contributed by atoms with Crippen molar-refractivity contribution in [2.75, 3.05) is 13.1 Å². The van der Waals surface area contributed by atoms with E-state index < -0.39 is 15.9 Å². The molecule has 0 spiro atoms. The molecule has 11 heteroatoms. The maximum absolute atomic E-state index is 12.7. The summed E-state index contributed by atoms with van der Waals surface area (Å²) in [4.78, 5) is 26.9. The number of likely N-dealkylation sites (tertiary alicyclic amines) is 1. The van der Waals surface area contributed by atoms with Crippen molar-refractivity contribution in [3.63, 3.8) is 0 Å². The summed E-state index contributed by atoms with van der Waals surface area (Å²) in [7, 11) is 0. The third kappa shape index (κ3) is 5.25. The number of thiocarbonyl (C=S) groups is 1. The molecule has 1 fully saturated rings. The molecular weight excluding hydrogens is 559 g/mol. The zero-order chi connectivity index (χ0) is 23.0. The molecule has 2 aliphatic rings. The number of aromatic nitrogens is 1. The second-order valence-electron chi connectivity index (χ2n) is 8.01. The van der Waals surface area contributed by atoms with Crippen molar-refractivity contribution in [2.45, 2.75) is 28.8 Å². The van der Waals surface area contributed by atoms with E-state index in [0.29, 0.717) is 30.3 Å². The van der Waals surface area contributed by atoms with Crippen LogP contribution in [-0.4, -0.2) is 43.5 Å². The van der Waals surface area contributed by atoms with Crippen LogP contribution < -0.4 is 16.2 Å². The lowest BCUT2D eigenvalue weighted by molar-refractivity contribution is 0.0932. The molecule has 0 radical (unpaired) electrons. The van der Waals surface area contributed by atoms with Crippen LogP contribution in [0, 0.1) is 5.92 Å². The zero-order valence-corrected chi connectivity index (χ0v) is 21.4. The first-order valence-corrected chi connectivity index (χ1v) is 12.3. The second-order valence-corrected chi connectivity index (χ2v) is 11.7. The molecule has 3 atom stereocenters. The number of nitrogens with one attached hydrogen (secondary N) is 2. The van der Waals surface area contributed by atoms with E-state index in [0.717, 1.165) is 16.6 Å². The van der Waals surface area contributed by atoms with E-state index in [1.165, 1.54) is 0 Å². The molecule has 1 aromatic heterocycles. The zero-order valence-electron chi connectivity index (χ0n) is 16.7. The third-order valence-corrected chi connectivity index (χ3v) is 7.30. The van der Waals surface area contributed by atoms with Gasteiger partial charge in [0.25, 0.3) is 11.5 Å². The Balaban J connectivity index is 1.47. The fourth-order valence-corrected chi connectivity index (χ4v) is 5.15. The normalized spacial score (nSPS) is 20.8. The van der Waals surface area contributed by atoms with E-state index in [1.54, 1.807) is 36.4 Å². The molecule has 1 amide bonds. The van der Waals surface area contributed by atoms with Crippen LogP contribution in [0.1, 0.15) is 28.4 Å². The monoisotopic (exact) mass is 576 g/mol. The Labute approximate surface area is 214 Å². The van der Waals surface area contributed by atoms with E-state index in [1.807, 2.05) is 15.5 Å². The van der Waals surface area contributed by atoms with Gasteiger partial charge in [-0.15, -0.1) is 0 Å². The highest BCUT2D eigenvalue weighted by atomic mass is 79.9. The Morgan fingerprint density at radius 1 is 1.09 bits per heavy atom. The van der Waals surface area contributed by atoms with Gasteiger partial charge in [-0.25, -0.2) is 0 Å². The SMILES string of the molecule is O=C(N[C@H](NC(=S)N1C[C@H]2C[C@H](C1)c1cccc(=O)n1C2)C(Cl)(Cl)Cl)c1ccc(Br)cc1. The molecule has 0 unspecified atom stereocenters. The minimum Gasteiger partial charge on any atom is -0.348 e. The van der Waals surface area contributed by atoms with Crippen molar-refractivity contribution in [3.8, 4) is 0 Å². The van der Waals surface area contributed by atoms with Crippen molar-refractivity contribution >= 4 is 74.0 Å². The Morgan fingerprint density at radius 3 is 2.50 bits per heavy atom. The summed E-state index contributed by atoms with van der Waals surface area (Å²) < 4.78 is 0.876. The largest absolute Gasteiger partial charge is 0.348 e. The first-order chi connectivity index (χ1) is 15.1. The van der Waals surface area contributed by atoms with Gasteiger partial charge in [0.15, 0.2) is 5.11 Å². The number of carbonyl (C=O) groups excluding carboxylic acids is 1. The van der Waals surface area contributed by atoms with E-state index in [2.05, 4.69) is 26.6 Å². The first-order valence-electron chi connectivity index (χ1n) is 10.00. The number of carbonyl (C=O) groups is 1. The molecule has 2 bridgehead atoms. The average molecular weight is 579 g/mol. The topological polar surface area (TPSA) is 66.4 Å². The number of benzene rings is 1. The summed E-state index contributed by atoms with van der Waals surface area (Å²) in [6, 6.07) is 12.2. The van der Waals surface area contributed by atoms with E-state index in [-0.39, 0.29) is 17.4 Å². The van der Waals surface area contributed by atoms with Gasteiger partial charge < -0.3 is 20.1 Å². The molecule has 0 aliphatic carbocycles. The second kappa shape index (κ2) is 9.50. The summed E-state index contributed by atoms with van der Waals surface area (Å²) in [6.45, 7) is 1.97. The molecule has 32 heavy (non-hydrogen) atoms. The number of pyridine rings is 1. The fourth-order valence-electron chi connectivity index (χ4n) is 4.29. The number of rotatable bonds is 3. The third-order valence-electron chi connectivity index (χ3n) is 5.74. The van der Waals surface area contributed by atoms with Gasteiger partial charge in [-0.3, -0.25) is 9.59 Å². The van der Waals surface area contributed by atoms with E-state index >= 15 is 0 Å². The number of halogens is 4. The molecule has 6 nitrogen and oxygen atoms in total. The minimum absolute atomic E-state index is 0.0262. The van der Waals surface area contributed by atoms with Gasteiger partial charge in [0.2, 0.25) is 3.79 Å². The fraction of sp³-hybridized carbons (Fsp3) is 0.381. The first kappa shape index (κ1) is 23.8. The van der Waals surface area contributed by atoms with Crippen molar-refractivity contribution in [1.82, 2.24) is 20.1 Å². The smallest absolute Gasteiger partial charge is 0.252 e.